The summed E-state index contributed by atoms with van der Waals surface area (Å²) in [4.78, 5) is 16.0. The van der Waals surface area contributed by atoms with Crippen LogP contribution in [-0.4, -0.2) is 40.4 Å². The van der Waals surface area contributed by atoms with E-state index in [9.17, 15) is 4.79 Å². The minimum absolute atomic E-state index is 0.00407. The van der Waals surface area contributed by atoms with Crippen LogP contribution in [0.25, 0.3) is 0 Å². The van der Waals surface area contributed by atoms with Crippen molar-refractivity contribution < 1.29 is 4.79 Å². The van der Waals surface area contributed by atoms with Crippen molar-refractivity contribution in [3.8, 4) is 0 Å². The van der Waals surface area contributed by atoms with Gasteiger partial charge in [0.25, 0.3) is 5.91 Å². The molecule has 1 aromatic heterocycles. The number of amides is 1. The van der Waals surface area contributed by atoms with Crippen LogP contribution in [0.5, 0.6) is 0 Å². The summed E-state index contributed by atoms with van der Waals surface area (Å²) in [6.45, 7) is 8.64. The SMILES string of the molecule is CC(C)N1C[C@H](C)[C@H](NC(=O)c2cc(C3CC3)sn2)C1. The molecule has 3 rings (SSSR count). The molecular formula is C15H23N3OS. The molecule has 1 saturated carbocycles. The Morgan fingerprint density at radius 3 is 2.80 bits per heavy atom. The van der Waals surface area contributed by atoms with Crippen molar-refractivity contribution in [1.82, 2.24) is 14.6 Å². The van der Waals surface area contributed by atoms with Crippen molar-refractivity contribution in [2.24, 2.45) is 5.92 Å². The molecule has 2 aliphatic rings. The van der Waals surface area contributed by atoms with E-state index in [1.165, 1.54) is 29.3 Å². The molecule has 0 aromatic carbocycles. The molecule has 1 aliphatic heterocycles. The van der Waals surface area contributed by atoms with Crippen molar-refractivity contribution in [3.05, 3.63) is 16.6 Å². The van der Waals surface area contributed by atoms with Gasteiger partial charge in [-0.05, 0) is 56.1 Å². The van der Waals surface area contributed by atoms with Gasteiger partial charge in [0.05, 0.1) is 0 Å². The van der Waals surface area contributed by atoms with E-state index in [0.29, 0.717) is 23.6 Å². The standard InChI is InChI=1S/C15H23N3OS/c1-9(2)18-7-10(3)13(8-18)16-15(19)12-6-14(20-17-12)11-4-5-11/h6,9-11,13H,4-5,7-8H2,1-3H3,(H,16,19)/t10-,13+/m0/s1. The summed E-state index contributed by atoms with van der Waals surface area (Å²) in [7, 11) is 0. The van der Waals surface area contributed by atoms with Gasteiger partial charge in [-0.25, -0.2) is 0 Å². The zero-order chi connectivity index (χ0) is 14.3. The van der Waals surface area contributed by atoms with Crippen LogP contribution in [0, 0.1) is 5.92 Å². The maximum Gasteiger partial charge on any atom is 0.271 e. The molecular weight excluding hydrogens is 270 g/mol. The molecule has 1 amide bonds. The maximum absolute atomic E-state index is 12.3. The van der Waals surface area contributed by atoms with Gasteiger partial charge in [0.2, 0.25) is 0 Å². The number of aromatic nitrogens is 1. The third kappa shape index (κ3) is 2.88. The minimum atomic E-state index is -0.00407. The van der Waals surface area contributed by atoms with Gasteiger partial charge in [-0.2, -0.15) is 4.37 Å². The molecule has 1 aromatic rings. The average molecular weight is 293 g/mol. The molecule has 5 heteroatoms. The lowest BCUT2D eigenvalue weighted by Gasteiger charge is -2.20. The van der Waals surface area contributed by atoms with Gasteiger partial charge in [0, 0.05) is 30.1 Å². The second kappa shape index (κ2) is 5.45. The number of likely N-dealkylation sites (tertiary alicyclic amines) is 1. The summed E-state index contributed by atoms with van der Waals surface area (Å²) < 4.78 is 4.31. The smallest absolute Gasteiger partial charge is 0.271 e. The van der Waals surface area contributed by atoms with E-state index in [4.69, 9.17) is 0 Å². The third-order valence-electron chi connectivity index (χ3n) is 4.43. The maximum atomic E-state index is 12.3. The second-order valence-electron chi connectivity index (χ2n) is 6.49. The fourth-order valence-electron chi connectivity index (χ4n) is 2.81. The van der Waals surface area contributed by atoms with Crippen LogP contribution < -0.4 is 5.32 Å². The molecule has 2 fully saturated rings. The van der Waals surface area contributed by atoms with Gasteiger partial charge < -0.3 is 5.32 Å². The summed E-state index contributed by atoms with van der Waals surface area (Å²) >= 11 is 1.49. The summed E-state index contributed by atoms with van der Waals surface area (Å²) in [5, 5.41) is 3.17. The van der Waals surface area contributed by atoms with Crippen molar-refractivity contribution in [1.29, 1.82) is 0 Å². The van der Waals surface area contributed by atoms with Gasteiger partial charge in [-0.1, -0.05) is 6.92 Å². The summed E-state index contributed by atoms with van der Waals surface area (Å²) in [5.74, 6) is 1.18. The highest BCUT2D eigenvalue weighted by atomic mass is 32.1. The Labute approximate surface area is 124 Å². The van der Waals surface area contributed by atoms with Crippen LogP contribution >= 0.6 is 11.5 Å². The van der Waals surface area contributed by atoms with E-state index < -0.39 is 0 Å². The monoisotopic (exact) mass is 293 g/mol. The molecule has 1 N–H and O–H groups in total. The van der Waals surface area contributed by atoms with E-state index in [1.807, 2.05) is 6.07 Å². The highest BCUT2D eigenvalue weighted by molar-refractivity contribution is 7.06. The normalized spacial score (nSPS) is 27.2. The molecule has 4 nitrogen and oxygen atoms in total. The quantitative estimate of drug-likeness (QED) is 0.927. The number of carbonyl (C=O) groups is 1. The molecule has 1 aliphatic carbocycles. The molecule has 20 heavy (non-hydrogen) atoms. The first kappa shape index (κ1) is 14.0. The highest BCUT2D eigenvalue weighted by Crippen LogP contribution is 2.42. The second-order valence-corrected chi connectivity index (χ2v) is 7.33. The zero-order valence-electron chi connectivity index (χ0n) is 12.4. The molecule has 2 atom stereocenters. The Hall–Kier alpha value is -0.940. The number of hydrogen-bond acceptors (Lipinski definition) is 4. The lowest BCUT2D eigenvalue weighted by Crippen LogP contribution is -2.40. The van der Waals surface area contributed by atoms with E-state index >= 15 is 0 Å². The van der Waals surface area contributed by atoms with E-state index in [-0.39, 0.29) is 11.9 Å². The Morgan fingerprint density at radius 2 is 2.20 bits per heavy atom. The van der Waals surface area contributed by atoms with Gasteiger partial charge in [0.15, 0.2) is 0 Å². The molecule has 0 unspecified atom stereocenters. The summed E-state index contributed by atoms with van der Waals surface area (Å²) in [5.41, 5.74) is 0.604. The molecule has 0 spiro atoms. The predicted octanol–water partition coefficient (Wildman–Crippen LogP) is 2.48. The number of rotatable bonds is 4. The van der Waals surface area contributed by atoms with Crippen LogP contribution in [0.1, 0.15) is 54.9 Å². The van der Waals surface area contributed by atoms with Gasteiger partial charge in [-0.3, -0.25) is 9.69 Å². The molecule has 0 bridgehead atoms. The first-order valence-electron chi connectivity index (χ1n) is 7.56. The molecule has 0 radical (unpaired) electrons. The first-order valence-corrected chi connectivity index (χ1v) is 8.33. The van der Waals surface area contributed by atoms with Crippen LogP contribution in [-0.2, 0) is 0 Å². The van der Waals surface area contributed by atoms with Gasteiger partial charge in [-0.15, -0.1) is 0 Å². The Morgan fingerprint density at radius 1 is 1.45 bits per heavy atom. The van der Waals surface area contributed by atoms with Crippen molar-refractivity contribution in [2.45, 2.75) is 51.6 Å². The van der Waals surface area contributed by atoms with Crippen molar-refractivity contribution in [3.63, 3.8) is 0 Å². The zero-order valence-corrected chi connectivity index (χ0v) is 13.2. The predicted molar refractivity (Wildman–Crippen MR) is 81.2 cm³/mol. The summed E-state index contributed by atoms with van der Waals surface area (Å²) in [6, 6.07) is 2.77. The Balaban J connectivity index is 1.60. The van der Waals surface area contributed by atoms with Crippen molar-refractivity contribution in [2.75, 3.05) is 13.1 Å². The van der Waals surface area contributed by atoms with E-state index in [2.05, 4.69) is 35.4 Å². The van der Waals surface area contributed by atoms with Crippen LogP contribution in [0.2, 0.25) is 0 Å². The van der Waals surface area contributed by atoms with Crippen LogP contribution in [0.4, 0.5) is 0 Å². The fourth-order valence-corrected chi connectivity index (χ4v) is 3.70. The number of nitrogens with one attached hydrogen (secondary N) is 1. The van der Waals surface area contributed by atoms with Crippen LogP contribution in [0.15, 0.2) is 6.07 Å². The number of nitrogens with zero attached hydrogens (tertiary/aromatic N) is 2. The van der Waals surface area contributed by atoms with Gasteiger partial charge >= 0.3 is 0 Å². The van der Waals surface area contributed by atoms with Gasteiger partial charge in [0.1, 0.15) is 5.69 Å². The number of hydrogen-bond donors (Lipinski definition) is 1. The third-order valence-corrected chi connectivity index (χ3v) is 5.38. The average Bonchev–Trinajstić information content (AvgIpc) is 3.01. The number of carbonyl (C=O) groups excluding carboxylic acids is 1. The molecule has 1 saturated heterocycles. The van der Waals surface area contributed by atoms with Crippen LogP contribution in [0.3, 0.4) is 0 Å². The lowest BCUT2D eigenvalue weighted by atomic mass is 10.1. The Kier molecular flexibility index (Phi) is 3.82. The molecule has 110 valence electrons. The molecule has 2 heterocycles. The fraction of sp³-hybridized carbons (Fsp3) is 0.733. The summed E-state index contributed by atoms with van der Waals surface area (Å²) in [6.07, 6.45) is 2.51. The Bertz CT molecular complexity index is 495. The lowest BCUT2D eigenvalue weighted by molar-refractivity contribution is 0.0926. The van der Waals surface area contributed by atoms with Crippen molar-refractivity contribution >= 4 is 17.4 Å². The van der Waals surface area contributed by atoms with E-state index in [1.54, 1.807) is 0 Å². The minimum Gasteiger partial charge on any atom is -0.346 e. The van der Waals surface area contributed by atoms with E-state index in [0.717, 1.165) is 13.1 Å². The topological polar surface area (TPSA) is 45.2 Å². The highest BCUT2D eigenvalue weighted by Gasteiger charge is 2.33. The first-order chi connectivity index (χ1) is 9.54. The largest absolute Gasteiger partial charge is 0.346 e.